The molecule has 0 saturated carbocycles. The van der Waals surface area contributed by atoms with Crippen molar-refractivity contribution in [1.82, 2.24) is 10.6 Å². The first-order valence-electron chi connectivity index (χ1n) is 7.12. The lowest BCUT2D eigenvalue weighted by molar-refractivity contribution is -0.129. The average molecular weight is 254 g/mol. The third-order valence-corrected chi connectivity index (χ3v) is 3.54. The Kier molecular flexibility index (Phi) is 4.47. The smallest absolute Gasteiger partial charge is 0.240 e. The van der Waals surface area contributed by atoms with Gasteiger partial charge in [0, 0.05) is 5.54 Å². The highest BCUT2D eigenvalue weighted by molar-refractivity contribution is 5.86. The third-order valence-electron chi connectivity index (χ3n) is 3.54. The predicted molar refractivity (Wildman–Crippen MR) is 76.6 cm³/mol. The van der Waals surface area contributed by atoms with E-state index in [0.717, 1.165) is 25.8 Å². The van der Waals surface area contributed by atoms with Crippen molar-refractivity contribution in [3.8, 4) is 0 Å². The molecule has 0 radical (unpaired) electrons. The molecule has 1 unspecified atom stereocenters. The topological polar surface area (TPSA) is 41.1 Å². The molecule has 1 atom stereocenters. The molecule has 0 aliphatic carbocycles. The molecule has 1 fully saturated rings. The Morgan fingerprint density at radius 2 is 1.83 bits per heavy atom. The van der Waals surface area contributed by atoms with Crippen LogP contribution in [0.2, 0.25) is 0 Å². The maximum absolute atomic E-state index is 12.4. The molecule has 1 aliphatic rings. The second-order valence-electron chi connectivity index (χ2n) is 7.79. The van der Waals surface area contributed by atoms with Crippen LogP contribution in [0.1, 0.15) is 67.2 Å². The summed E-state index contributed by atoms with van der Waals surface area (Å²) in [6.07, 6.45) is 4.22. The van der Waals surface area contributed by atoms with E-state index in [1.54, 1.807) is 0 Å². The lowest BCUT2D eigenvalue weighted by atomic mass is 9.81. The molecule has 18 heavy (non-hydrogen) atoms. The van der Waals surface area contributed by atoms with E-state index in [9.17, 15) is 4.79 Å². The Morgan fingerprint density at radius 3 is 2.28 bits per heavy atom. The van der Waals surface area contributed by atoms with E-state index < -0.39 is 0 Å². The number of hydrogen-bond acceptors (Lipinski definition) is 2. The van der Waals surface area contributed by atoms with Crippen molar-refractivity contribution in [3.05, 3.63) is 0 Å². The monoisotopic (exact) mass is 254 g/mol. The standard InChI is InChI=1S/C15H30N2O/c1-13(2,3)11-14(4,5)17-12(18)15(6)9-7-8-10-16-15/h16H,7-11H2,1-6H3,(H,17,18). The highest BCUT2D eigenvalue weighted by atomic mass is 16.2. The zero-order chi connectivity index (χ0) is 14.0. The van der Waals surface area contributed by atoms with Crippen molar-refractivity contribution in [2.45, 2.75) is 78.3 Å². The first-order chi connectivity index (χ1) is 8.04. The van der Waals surface area contributed by atoms with E-state index in [4.69, 9.17) is 0 Å². The van der Waals surface area contributed by atoms with Gasteiger partial charge in [0.15, 0.2) is 0 Å². The van der Waals surface area contributed by atoms with Crippen LogP contribution in [0.4, 0.5) is 0 Å². The van der Waals surface area contributed by atoms with Crippen molar-refractivity contribution < 1.29 is 4.79 Å². The van der Waals surface area contributed by atoms with Gasteiger partial charge in [0.1, 0.15) is 0 Å². The predicted octanol–water partition coefficient (Wildman–Crippen LogP) is 2.85. The summed E-state index contributed by atoms with van der Waals surface area (Å²) in [5.74, 6) is 0.149. The van der Waals surface area contributed by atoms with Gasteiger partial charge in [-0.15, -0.1) is 0 Å². The highest BCUT2D eigenvalue weighted by Gasteiger charge is 2.37. The molecular formula is C15H30N2O. The van der Waals surface area contributed by atoms with Crippen LogP contribution in [0.5, 0.6) is 0 Å². The minimum Gasteiger partial charge on any atom is -0.350 e. The number of rotatable bonds is 3. The summed E-state index contributed by atoms with van der Waals surface area (Å²) < 4.78 is 0. The van der Waals surface area contributed by atoms with Crippen LogP contribution in [-0.2, 0) is 4.79 Å². The molecular weight excluding hydrogens is 224 g/mol. The Bertz CT molecular complexity index is 296. The van der Waals surface area contributed by atoms with Gasteiger partial charge in [-0.2, -0.15) is 0 Å². The van der Waals surface area contributed by atoms with Crippen molar-refractivity contribution in [2.24, 2.45) is 5.41 Å². The number of piperidine rings is 1. The van der Waals surface area contributed by atoms with Crippen molar-refractivity contribution >= 4 is 5.91 Å². The minimum absolute atomic E-state index is 0.149. The van der Waals surface area contributed by atoms with E-state index in [2.05, 4.69) is 45.3 Å². The fourth-order valence-electron chi connectivity index (χ4n) is 3.07. The van der Waals surface area contributed by atoms with Gasteiger partial charge in [0.25, 0.3) is 0 Å². The van der Waals surface area contributed by atoms with Gasteiger partial charge in [-0.25, -0.2) is 0 Å². The molecule has 0 bridgehead atoms. The van der Waals surface area contributed by atoms with Gasteiger partial charge in [-0.05, 0) is 58.4 Å². The van der Waals surface area contributed by atoms with E-state index in [-0.39, 0.29) is 22.4 Å². The molecule has 1 aliphatic heterocycles. The number of carbonyl (C=O) groups is 1. The number of amides is 1. The summed E-state index contributed by atoms with van der Waals surface area (Å²) in [5, 5.41) is 6.59. The van der Waals surface area contributed by atoms with Crippen LogP contribution in [0, 0.1) is 5.41 Å². The zero-order valence-corrected chi connectivity index (χ0v) is 12.9. The average Bonchev–Trinajstić information content (AvgIpc) is 2.13. The Labute approximate surface area is 112 Å². The second kappa shape index (κ2) is 5.20. The molecule has 0 aromatic rings. The lowest BCUT2D eigenvalue weighted by Crippen LogP contribution is -2.61. The summed E-state index contributed by atoms with van der Waals surface area (Å²) in [6, 6.07) is 0. The lowest BCUT2D eigenvalue weighted by Gasteiger charge is -2.39. The molecule has 0 aromatic carbocycles. The van der Waals surface area contributed by atoms with Crippen molar-refractivity contribution in [2.75, 3.05) is 6.54 Å². The fourth-order valence-corrected chi connectivity index (χ4v) is 3.07. The van der Waals surface area contributed by atoms with Crippen molar-refractivity contribution in [3.63, 3.8) is 0 Å². The second-order valence-corrected chi connectivity index (χ2v) is 7.79. The largest absolute Gasteiger partial charge is 0.350 e. The van der Waals surface area contributed by atoms with Crippen molar-refractivity contribution in [1.29, 1.82) is 0 Å². The Balaban J connectivity index is 2.63. The summed E-state index contributed by atoms with van der Waals surface area (Å²) >= 11 is 0. The quantitative estimate of drug-likeness (QED) is 0.813. The van der Waals surface area contributed by atoms with Crippen LogP contribution in [0.3, 0.4) is 0 Å². The molecule has 1 saturated heterocycles. The van der Waals surface area contributed by atoms with Gasteiger partial charge >= 0.3 is 0 Å². The first-order valence-corrected chi connectivity index (χ1v) is 7.12. The van der Waals surface area contributed by atoms with Crippen LogP contribution >= 0.6 is 0 Å². The molecule has 3 nitrogen and oxygen atoms in total. The van der Waals surface area contributed by atoms with Gasteiger partial charge < -0.3 is 10.6 Å². The summed E-state index contributed by atoms with van der Waals surface area (Å²) in [4.78, 5) is 12.4. The molecule has 3 heteroatoms. The Morgan fingerprint density at radius 1 is 1.22 bits per heavy atom. The number of hydrogen-bond donors (Lipinski definition) is 2. The van der Waals surface area contributed by atoms with E-state index in [0.29, 0.717) is 0 Å². The summed E-state index contributed by atoms with van der Waals surface area (Å²) in [7, 11) is 0. The highest BCUT2D eigenvalue weighted by Crippen LogP contribution is 2.28. The molecule has 1 heterocycles. The molecule has 0 spiro atoms. The molecule has 2 N–H and O–H groups in total. The molecule has 0 aromatic heterocycles. The molecule has 1 amide bonds. The Hall–Kier alpha value is -0.570. The van der Waals surface area contributed by atoms with Gasteiger partial charge in [0.2, 0.25) is 5.91 Å². The minimum atomic E-state index is -0.382. The summed E-state index contributed by atoms with van der Waals surface area (Å²) in [5.41, 5.74) is -0.317. The van der Waals surface area contributed by atoms with E-state index in [1.165, 1.54) is 6.42 Å². The molecule has 106 valence electrons. The maximum atomic E-state index is 12.4. The van der Waals surface area contributed by atoms with E-state index >= 15 is 0 Å². The van der Waals surface area contributed by atoms with Crippen LogP contribution in [0.15, 0.2) is 0 Å². The van der Waals surface area contributed by atoms with Crippen LogP contribution in [0.25, 0.3) is 0 Å². The third kappa shape index (κ3) is 4.60. The normalized spacial score (nSPS) is 25.9. The fraction of sp³-hybridized carbons (Fsp3) is 0.933. The summed E-state index contributed by atoms with van der Waals surface area (Å²) in [6.45, 7) is 13.8. The van der Waals surface area contributed by atoms with Gasteiger partial charge in [-0.3, -0.25) is 4.79 Å². The van der Waals surface area contributed by atoms with Gasteiger partial charge in [-0.1, -0.05) is 20.8 Å². The van der Waals surface area contributed by atoms with Gasteiger partial charge in [0.05, 0.1) is 5.54 Å². The van der Waals surface area contributed by atoms with Crippen LogP contribution in [-0.4, -0.2) is 23.5 Å². The van der Waals surface area contributed by atoms with E-state index in [1.807, 2.05) is 6.92 Å². The molecule has 1 rings (SSSR count). The SMILES string of the molecule is CC(C)(C)CC(C)(C)NC(=O)C1(C)CCCCN1. The number of carbonyl (C=O) groups excluding carboxylic acids is 1. The number of nitrogens with one attached hydrogen (secondary N) is 2. The van der Waals surface area contributed by atoms with Crippen LogP contribution < -0.4 is 10.6 Å². The zero-order valence-electron chi connectivity index (χ0n) is 12.9. The first kappa shape index (κ1) is 15.5. The maximum Gasteiger partial charge on any atom is 0.240 e.